The van der Waals surface area contributed by atoms with Crippen LogP contribution >= 0.6 is 11.6 Å². The van der Waals surface area contributed by atoms with Gasteiger partial charge in [-0.3, -0.25) is 9.10 Å². The SMILES string of the molecule is COc1ccc2c(c1)OC(C)(C)CC2NC(=O)CN(c1ccc(OC)c(Cl)c1)S(C)(=O)=O. The van der Waals surface area contributed by atoms with Gasteiger partial charge in [-0.15, -0.1) is 0 Å². The molecule has 0 radical (unpaired) electrons. The third-order valence-corrected chi connectivity index (χ3v) is 6.56. The van der Waals surface area contributed by atoms with Gasteiger partial charge in [-0.1, -0.05) is 11.6 Å². The lowest BCUT2D eigenvalue weighted by molar-refractivity contribution is -0.120. The molecule has 0 fully saturated rings. The number of carbonyl (C=O) groups is 1. The molecule has 1 aliphatic rings. The number of nitrogens with zero attached hydrogens (tertiary/aromatic N) is 1. The molecule has 0 spiro atoms. The summed E-state index contributed by atoms with van der Waals surface area (Å²) in [7, 11) is -0.717. The van der Waals surface area contributed by atoms with E-state index in [4.69, 9.17) is 25.8 Å². The maximum Gasteiger partial charge on any atom is 0.241 e. The van der Waals surface area contributed by atoms with Gasteiger partial charge in [0.15, 0.2) is 0 Å². The Hall–Kier alpha value is -2.65. The lowest BCUT2D eigenvalue weighted by Gasteiger charge is -2.38. The second-order valence-corrected chi connectivity index (χ2v) is 10.5. The molecule has 0 saturated heterocycles. The van der Waals surface area contributed by atoms with Crippen LogP contribution in [0.2, 0.25) is 5.02 Å². The van der Waals surface area contributed by atoms with Gasteiger partial charge in [0.25, 0.3) is 0 Å². The summed E-state index contributed by atoms with van der Waals surface area (Å²) in [4.78, 5) is 13.0. The van der Waals surface area contributed by atoms with Crippen molar-refractivity contribution >= 4 is 33.2 Å². The second kappa shape index (κ2) is 9.07. The molecule has 1 amide bonds. The van der Waals surface area contributed by atoms with Crippen LogP contribution in [0.4, 0.5) is 5.69 Å². The van der Waals surface area contributed by atoms with Crippen LogP contribution in [0.1, 0.15) is 31.9 Å². The van der Waals surface area contributed by atoms with Crippen LogP contribution in [0.15, 0.2) is 36.4 Å². The van der Waals surface area contributed by atoms with Crippen molar-refractivity contribution in [2.45, 2.75) is 31.9 Å². The fourth-order valence-electron chi connectivity index (χ4n) is 3.67. The van der Waals surface area contributed by atoms with Crippen molar-refractivity contribution in [2.75, 3.05) is 31.3 Å². The molecule has 1 heterocycles. The van der Waals surface area contributed by atoms with E-state index < -0.39 is 28.1 Å². The van der Waals surface area contributed by atoms with Gasteiger partial charge >= 0.3 is 0 Å². The first kappa shape index (κ1) is 24.0. The molecule has 32 heavy (non-hydrogen) atoms. The number of carbonyl (C=O) groups excluding carboxylic acids is 1. The van der Waals surface area contributed by atoms with Crippen LogP contribution in [-0.4, -0.2) is 46.9 Å². The van der Waals surface area contributed by atoms with Gasteiger partial charge in [0, 0.05) is 18.1 Å². The third kappa shape index (κ3) is 5.39. The number of hydrogen-bond acceptors (Lipinski definition) is 6. The van der Waals surface area contributed by atoms with Crippen molar-refractivity contribution < 1.29 is 27.4 Å². The number of benzene rings is 2. The molecular formula is C22H27ClN2O6S. The van der Waals surface area contributed by atoms with Crippen molar-refractivity contribution in [3.8, 4) is 17.2 Å². The van der Waals surface area contributed by atoms with Crippen LogP contribution in [0.3, 0.4) is 0 Å². The number of fused-ring (bicyclic) bond motifs is 1. The Morgan fingerprint density at radius 3 is 2.53 bits per heavy atom. The average Bonchev–Trinajstić information content (AvgIpc) is 2.69. The van der Waals surface area contributed by atoms with E-state index in [0.29, 0.717) is 23.7 Å². The van der Waals surface area contributed by atoms with E-state index in [0.717, 1.165) is 16.1 Å². The zero-order valence-electron chi connectivity index (χ0n) is 18.6. The van der Waals surface area contributed by atoms with Gasteiger partial charge < -0.3 is 19.5 Å². The Labute approximate surface area is 193 Å². The first-order valence-electron chi connectivity index (χ1n) is 9.91. The molecule has 1 atom stereocenters. The predicted molar refractivity (Wildman–Crippen MR) is 123 cm³/mol. The molecule has 0 bridgehead atoms. The number of amides is 1. The van der Waals surface area contributed by atoms with E-state index in [1.807, 2.05) is 19.9 Å². The summed E-state index contributed by atoms with van der Waals surface area (Å²) in [6.07, 6.45) is 1.56. The molecule has 3 rings (SSSR count). The minimum absolute atomic E-state index is 0.244. The predicted octanol–water partition coefficient (Wildman–Crippen LogP) is 3.54. The van der Waals surface area contributed by atoms with Gasteiger partial charge in [-0.2, -0.15) is 0 Å². The maximum absolute atomic E-state index is 13.0. The van der Waals surface area contributed by atoms with E-state index in [1.165, 1.54) is 19.2 Å². The number of halogens is 1. The summed E-state index contributed by atoms with van der Waals surface area (Å²) in [5.41, 5.74) is 0.542. The molecular weight excluding hydrogens is 456 g/mol. The number of nitrogens with one attached hydrogen (secondary N) is 1. The summed E-state index contributed by atoms with van der Waals surface area (Å²) >= 11 is 6.16. The first-order chi connectivity index (χ1) is 14.9. The van der Waals surface area contributed by atoms with Crippen LogP contribution in [0, 0.1) is 0 Å². The number of methoxy groups -OCH3 is 2. The molecule has 0 saturated carbocycles. The Morgan fingerprint density at radius 2 is 1.94 bits per heavy atom. The van der Waals surface area contributed by atoms with Crippen LogP contribution < -0.4 is 23.8 Å². The number of sulfonamides is 1. The van der Waals surface area contributed by atoms with E-state index in [9.17, 15) is 13.2 Å². The average molecular weight is 483 g/mol. The van der Waals surface area contributed by atoms with Gasteiger partial charge in [0.1, 0.15) is 29.4 Å². The monoisotopic (exact) mass is 482 g/mol. The van der Waals surface area contributed by atoms with Crippen molar-refractivity contribution in [2.24, 2.45) is 0 Å². The minimum Gasteiger partial charge on any atom is -0.497 e. The van der Waals surface area contributed by atoms with E-state index >= 15 is 0 Å². The molecule has 1 aliphatic heterocycles. The largest absolute Gasteiger partial charge is 0.497 e. The molecule has 1 N–H and O–H groups in total. The normalized spacial score (nSPS) is 17.0. The summed E-state index contributed by atoms with van der Waals surface area (Å²) in [6, 6.07) is 9.60. The van der Waals surface area contributed by atoms with Crippen molar-refractivity contribution in [1.29, 1.82) is 0 Å². The molecule has 2 aromatic carbocycles. The molecule has 8 nitrogen and oxygen atoms in total. The molecule has 2 aromatic rings. The lowest BCUT2D eigenvalue weighted by Crippen LogP contribution is -2.45. The quantitative estimate of drug-likeness (QED) is 0.648. The Kier molecular flexibility index (Phi) is 6.80. The fraction of sp³-hybridized carbons (Fsp3) is 0.409. The zero-order chi connectivity index (χ0) is 23.7. The molecule has 10 heteroatoms. The van der Waals surface area contributed by atoms with Crippen molar-refractivity contribution in [1.82, 2.24) is 5.32 Å². The first-order valence-corrected chi connectivity index (χ1v) is 12.1. The van der Waals surface area contributed by atoms with Gasteiger partial charge in [0.05, 0.1) is 37.2 Å². The van der Waals surface area contributed by atoms with Crippen LogP contribution in [0.25, 0.3) is 0 Å². The highest BCUT2D eigenvalue weighted by Crippen LogP contribution is 2.41. The zero-order valence-corrected chi connectivity index (χ0v) is 20.2. The van der Waals surface area contributed by atoms with Gasteiger partial charge in [0.2, 0.25) is 15.9 Å². The summed E-state index contributed by atoms with van der Waals surface area (Å²) in [6.45, 7) is 3.46. The van der Waals surface area contributed by atoms with Crippen molar-refractivity contribution in [3.63, 3.8) is 0 Å². The van der Waals surface area contributed by atoms with Crippen LogP contribution in [-0.2, 0) is 14.8 Å². The number of hydrogen-bond donors (Lipinski definition) is 1. The molecule has 174 valence electrons. The van der Waals surface area contributed by atoms with E-state index in [-0.39, 0.29) is 16.8 Å². The summed E-state index contributed by atoms with van der Waals surface area (Å²) in [5, 5.41) is 3.20. The summed E-state index contributed by atoms with van der Waals surface area (Å²) < 4.78 is 42.3. The number of rotatable bonds is 7. The Bertz CT molecular complexity index is 1120. The topological polar surface area (TPSA) is 94.2 Å². The lowest BCUT2D eigenvalue weighted by atomic mass is 9.89. The Balaban J connectivity index is 1.85. The Morgan fingerprint density at radius 1 is 1.22 bits per heavy atom. The maximum atomic E-state index is 13.0. The summed E-state index contributed by atoms with van der Waals surface area (Å²) in [5.74, 6) is 1.22. The molecule has 1 unspecified atom stereocenters. The minimum atomic E-state index is -3.75. The standard InChI is InChI=1S/C22H27ClN2O6S/c1-22(2)12-18(16-8-7-15(29-3)11-20(16)31-22)24-21(26)13-25(32(5,27)28)14-6-9-19(30-4)17(23)10-14/h6-11,18H,12-13H2,1-5H3,(H,24,26). The van der Waals surface area contributed by atoms with E-state index in [2.05, 4.69) is 5.32 Å². The number of anilines is 1. The number of ether oxygens (including phenoxy) is 3. The van der Waals surface area contributed by atoms with Crippen LogP contribution in [0.5, 0.6) is 17.2 Å². The molecule has 0 aromatic heterocycles. The van der Waals surface area contributed by atoms with E-state index in [1.54, 1.807) is 25.3 Å². The van der Waals surface area contributed by atoms with Crippen molar-refractivity contribution in [3.05, 3.63) is 47.0 Å². The van der Waals surface area contributed by atoms with Gasteiger partial charge in [-0.25, -0.2) is 8.42 Å². The fourth-order valence-corrected chi connectivity index (χ4v) is 4.77. The van der Waals surface area contributed by atoms with Gasteiger partial charge in [-0.05, 0) is 44.2 Å². The highest BCUT2D eigenvalue weighted by atomic mass is 35.5. The highest BCUT2D eigenvalue weighted by Gasteiger charge is 2.35. The highest BCUT2D eigenvalue weighted by molar-refractivity contribution is 7.92. The third-order valence-electron chi connectivity index (χ3n) is 5.12. The smallest absolute Gasteiger partial charge is 0.241 e. The molecule has 0 aliphatic carbocycles. The second-order valence-electron chi connectivity index (χ2n) is 8.18.